The van der Waals surface area contributed by atoms with Gasteiger partial charge in [-0.3, -0.25) is 4.79 Å². The number of halogens is 1. The van der Waals surface area contributed by atoms with Crippen LogP contribution < -0.4 is 0 Å². The van der Waals surface area contributed by atoms with Crippen LogP contribution in [0.4, 0.5) is 0 Å². The Morgan fingerprint density at radius 3 is 2.90 bits per heavy atom. The predicted molar refractivity (Wildman–Crippen MR) is 87.2 cm³/mol. The zero-order valence-electron chi connectivity index (χ0n) is 11.4. The first-order chi connectivity index (χ1) is 10.2. The Hall–Kier alpha value is -0.660. The lowest BCUT2D eigenvalue weighted by Crippen LogP contribution is -2.04. The lowest BCUT2D eigenvalue weighted by atomic mass is 9.89. The number of carbonyl (C=O) groups excluding carboxylic acids is 1. The third kappa shape index (κ3) is 3.76. The van der Waals surface area contributed by atoms with Gasteiger partial charge in [0.2, 0.25) is 5.89 Å². The lowest BCUT2D eigenvalue weighted by Gasteiger charge is -2.17. The van der Waals surface area contributed by atoms with Gasteiger partial charge in [0.05, 0.1) is 10.6 Å². The van der Waals surface area contributed by atoms with Crippen molar-refractivity contribution in [1.29, 1.82) is 0 Å². The first-order valence-corrected chi connectivity index (χ1v) is 9.62. The first kappa shape index (κ1) is 15.2. The SMILES string of the molecule is O=C(CSc1nnc(C2CCCCC2)o1)c1sccc1Br. The molecule has 1 aliphatic rings. The second-order valence-corrected chi connectivity index (χ2v) is 7.75. The highest BCUT2D eigenvalue weighted by Crippen LogP contribution is 2.33. The van der Waals surface area contributed by atoms with Crippen molar-refractivity contribution in [1.82, 2.24) is 10.2 Å². The van der Waals surface area contributed by atoms with Gasteiger partial charge in [-0.05, 0) is 40.2 Å². The Morgan fingerprint density at radius 2 is 2.19 bits per heavy atom. The van der Waals surface area contributed by atoms with Crippen LogP contribution in [0.15, 0.2) is 25.6 Å². The third-order valence-corrected chi connectivity index (χ3v) is 6.27. The van der Waals surface area contributed by atoms with Crippen LogP contribution >= 0.6 is 39.0 Å². The summed E-state index contributed by atoms with van der Waals surface area (Å²) in [5, 5.41) is 10.6. The van der Waals surface area contributed by atoms with Crippen LogP contribution in [0.2, 0.25) is 0 Å². The zero-order chi connectivity index (χ0) is 14.7. The molecule has 0 radical (unpaired) electrons. The molecule has 2 aromatic rings. The van der Waals surface area contributed by atoms with Gasteiger partial charge >= 0.3 is 0 Å². The van der Waals surface area contributed by atoms with E-state index in [1.807, 2.05) is 11.4 Å². The zero-order valence-corrected chi connectivity index (χ0v) is 14.6. The van der Waals surface area contributed by atoms with Crippen LogP contribution in [-0.2, 0) is 0 Å². The minimum absolute atomic E-state index is 0.0827. The average molecular weight is 387 g/mol. The summed E-state index contributed by atoms with van der Waals surface area (Å²) in [6.45, 7) is 0. The van der Waals surface area contributed by atoms with Crippen LogP contribution in [-0.4, -0.2) is 21.7 Å². The summed E-state index contributed by atoms with van der Waals surface area (Å²) in [4.78, 5) is 12.8. The number of hydrogen-bond acceptors (Lipinski definition) is 6. The van der Waals surface area contributed by atoms with Gasteiger partial charge in [0.25, 0.3) is 5.22 Å². The number of thioether (sulfide) groups is 1. The molecule has 2 aromatic heterocycles. The summed E-state index contributed by atoms with van der Waals surface area (Å²) in [7, 11) is 0. The monoisotopic (exact) mass is 386 g/mol. The maximum absolute atomic E-state index is 12.1. The molecule has 3 rings (SSSR count). The number of nitrogens with zero attached hydrogens (tertiary/aromatic N) is 2. The highest BCUT2D eigenvalue weighted by atomic mass is 79.9. The van der Waals surface area contributed by atoms with Crippen molar-refractivity contribution in [2.24, 2.45) is 0 Å². The number of thiophene rings is 1. The summed E-state index contributed by atoms with van der Waals surface area (Å²) in [5.74, 6) is 1.55. The van der Waals surface area contributed by atoms with Crippen LogP contribution in [0.1, 0.15) is 53.6 Å². The molecule has 0 aromatic carbocycles. The Bertz CT molecular complexity index is 620. The van der Waals surface area contributed by atoms with Crippen LogP contribution in [0.5, 0.6) is 0 Å². The topological polar surface area (TPSA) is 56.0 Å². The largest absolute Gasteiger partial charge is 0.416 e. The van der Waals surface area contributed by atoms with E-state index in [0.29, 0.717) is 16.9 Å². The molecule has 0 saturated heterocycles. The van der Waals surface area contributed by atoms with Gasteiger partial charge in [0.1, 0.15) is 0 Å². The Kier molecular flexibility index (Phi) is 5.13. The average Bonchev–Trinajstić information content (AvgIpc) is 3.15. The van der Waals surface area contributed by atoms with Gasteiger partial charge in [-0.25, -0.2) is 0 Å². The number of ketones is 1. The second-order valence-electron chi connectivity index (χ2n) is 5.05. The van der Waals surface area contributed by atoms with Gasteiger partial charge < -0.3 is 4.42 Å². The minimum atomic E-state index is 0.0827. The molecule has 2 heterocycles. The number of Topliss-reactive ketones (excluding diaryl/α,β-unsaturated/α-hetero) is 1. The van der Waals surface area contributed by atoms with Gasteiger partial charge in [-0.2, -0.15) is 0 Å². The van der Waals surface area contributed by atoms with E-state index in [1.165, 1.54) is 42.4 Å². The predicted octanol–water partition coefficient (Wildman–Crippen LogP) is 4.92. The highest BCUT2D eigenvalue weighted by molar-refractivity contribution is 9.10. The number of hydrogen-bond donors (Lipinski definition) is 0. The van der Waals surface area contributed by atoms with E-state index in [1.54, 1.807) is 0 Å². The Balaban J connectivity index is 1.57. The molecule has 7 heteroatoms. The molecule has 0 atom stereocenters. The van der Waals surface area contributed by atoms with Gasteiger partial charge in [0.15, 0.2) is 5.78 Å². The van der Waals surface area contributed by atoms with Crippen molar-refractivity contribution < 1.29 is 9.21 Å². The molecule has 0 bridgehead atoms. The molecule has 1 aliphatic carbocycles. The van der Waals surface area contributed by atoms with E-state index >= 15 is 0 Å². The van der Waals surface area contributed by atoms with Crippen molar-refractivity contribution in [3.05, 3.63) is 26.7 Å². The van der Waals surface area contributed by atoms with E-state index in [-0.39, 0.29) is 5.78 Å². The maximum atomic E-state index is 12.1. The molecule has 0 amide bonds. The Morgan fingerprint density at radius 1 is 1.38 bits per heavy atom. The maximum Gasteiger partial charge on any atom is 0.277 e. The highest BCUT2D eigenvalue weighted by Gasteiger charge is 2.22. The molecule has 0 spiro atoms. The second kappa shape index (κ2) is 7.07. The molecule has 1 saturated carbocycles. The molecule has 1 fully saturated rings. The third-order valence-electron chi connectivity index (χ3n) is 3.57. The standard InChI is InChI=1S/C14H15BrN2O2S2/c15-10-6-7-20-12(10)11(18)8-21-14-17-16-13(19-14)9-4-2-1-3-5-9/h6-7,9H,1-5,8H2. The fourth-order valence-corrected chi connectivity index (χ4v) is 4.74. The van der Waals surface area contributed by atoms with Crippen molar-refractivity contribution in [2.75, 3.05) is 5.75 Å². The van der Waals surface area contributed by atoms with E-state index in [2.05, 4.69) is 26.1 Å². The normalized spacial score (nSPS) is 16.2. The summed E-state index contributed by atoms with van der Waals surface area (Å²) in [6.07, 6.45) is 6.04. The van der Waals surface area contributed by atoms with E-state index in [4.69, 9.17) is 4.42 Å². The molecular weight excluding hydrogens is 372 g/mol. The number of carbonyl (C=O) groups is 1. The smallest absolute Gasteiger partial charge is 0.277 e. The molecule has 0 aliphatic heterocycles. The van der Waals surface area contributed by atoms with Gasteiger partial charge in [-0.1, -0.05) is 31.0 Å². The minimum Gasteiger partial charge on any atom is -0.416 e. The van der Waals surface area contributed by atoms with Gasteiger partial charge in [-0.15, -0.1) is 21.5 Å². The van der Waals surface area contributed by atoms with E-state index in [0.717, 1.165) is 28.1 Å². The summed E-state index contributed by atoms with van der Waals surface area (Å²) in [6, 6.07) is 1.89. The number of aromatic nitrogens is 2. The molecule has 112 valence electrons. The van der Waals surface area contributed by atoms with Crippen molar-refractivity contribution >= 4 is 44.8 Å². The molecule has 4 nitrogen and oxygen atoms in total. The molecular formula is C14H15BrN2O2S2. The lowest BCUT2D eigenvalue weighted by molar-refractivity contribution is 0.102. The summed E-state index contributed by atoms with van der Waals surface area (Å²) in [5.41, 5.74) is 0. The first-order valence-electron chi connectivity index (χ1n) is 6.96. The van der Waals surface area contributed by atoms with Gasteiger partial charge in [0, 0.05) is 10.4 Å². The fraction of sp³-hybridized carbons (Fsp3) is 0.500. The van der Waals surface area contributed by atoms with Crippen LogP contribution in [0, 0.1) is 0 Å². The van der Waals surface area contributed by atoms with Crippen molar-refractivity contribution in [3.63, 3.8) is 0 Å². The van der Waals surface area contributed by atoms with E-state index < -0.39 is 0 Å². The molecule has 0 N–H and O–H groups in total. The van der Waals surface area contributed by atoms with Crippen LogP contribution in [0.25, 0.3) is 0 Å². The molecule has 21 heavy (non-hydrogen) atoms. The van der Waals surface area contributed by atoms with E-state index in [9.17, 15) is 4.79 Å². The summed E-state index contributed by atoms with van der Waals surface area (Å²) < 4.78 is 6.55. The Labute approximate surface area is 139 Å². The number of rotatable bonds is 5. The quantitative estimate of drug-likeness (QED) is 0.539. The van der Waals surface area contributed by atoms with Crippen molar-refractivity contribution in [2.45, 2.75) is 43.2 Å². The van der Waals surface area contributed by atoms with Crippen molar-refractivity contribution in [3.8, 4) is 0 Å². The van der Waals surface area contributed by atoms with Crippen LogP contribution in [0.3, 0.4) is 0 Å². The fourth-order valence-electron chi connectivity index (χ4n) is 2.48. The summed E-state index contributed by atoms with van der Waals surface area (Å²) >= 11 is 6.14. The molecule has 0 unspecified atom stereocenters.